The molecule has 136 valence electrons. The molecule has 0 bridgehead atoms. The first kappa shape index (κ1) is 17.6. The van der Waals surface area contributed by atoms with E-state index in [0.717, 1.165) is 18.6 Å². The molecule has 1 heterocycles. The van der Waals surface area contributed by atoms with Gasteiger partial charge >= 0.3 is 6.03 Å². The lowest BCUT2D eigenvalue weighted by molar-refractivity contribution is -0.129. The minimum Gasteiger partial charge on any atom is -0.497 e. The highest BCUT2D eigenvalue weighted by atomic mass is 16.5. The smallest absolute Gasteiger partial charge is 0.319 e. The summed E-state index contributed by atoms with van der Waals surface area (Å²) in [5.41, 5.74) is 0.697. The van der Waals surface area contributed by atoms with Crippen molar-refractivity contribution >= 4 is 17.6 Å². The number of hydrogen-bond donors (Lipinski definition) is 2. The number of nitrogens with one attached hydrogen (secondary N) is 2. The molecule has 2 fully saturated rings. The van der Waals surface area contributed by atoms with Gasteiger partial charge in [0.25, 0.3) is 0 Å². The third-order valence-electron chi connectivity index (χ3n) is 5.11. The monoisotopic (exact) mass is 345 g/mol. The standard InChI is InChI=1S/C19H27N3O3/c1-25-17-10-8-14(9-11-17)20-19(24)21-15-12-18(23)22(13-15)16-6-4-2-3-5-7-16/h8-11,15-16H,2-7,12-13H2,1H3,(H2,20,21,24)/t15-/m1/s1. The molecule has 1 saturated carbocycles. The average molecular weight is 345 g/mol. The Balaban J connectivity index is 1.50. The van der Waals surface area contributed by atoms with Crippen LogP contribution in [0, 0.1) is 0 Å². The molecule has 1 aromatic carbocycles. The summed E-state index contributed by atoms with van der Waals surface area (Å²) in [7, 11) is 1.60. The number of carbonyl (C=O) groups excluding carboxylic acids is 2. The van der Waals surface area contributed by atoms with Gasteiger partial charge in [-0.1, -0.05) is 25.7 Å². The predicted molar refractivity (Wildman–Crippen MR) is 96.8 cm³/mol. The molecule has 0 spiro atoms. The van der Waals surface area contributed by atoms with E-state index in [4.69, 9.17) is 4.74 Å². The Morgan fingerprint density at radius 3 is 2.44 bits per heavy atom. The van der Waals surface area contributed by atoms with E-state index in [-0.39, 0.29) is 18.0 Å². The molecule has 1 atom stereocenters. The molecule has 0 unspecified atom stereocenters. The van der Waals surface area contributed by atoms with Crippen LogP contribution >= 0.6 is 0 Å². The Morgan fingerprint density at radius 1 is 1.12 bits per heavy atom. The summed E-state index contributed by atoms with van der Waals surface area (Å²) in [4.78, 5) is 26.5. The first-order valence-corrected chi connectivity index (χ1v) is 9.17. The van der Waals surface area contributed by atoms with E-state index in [1.165, 1.54) is 25.7 Å². The highest BCUT2D eigenvalue weighted by Crippen LogP contribution is 2.26. The summed E-state index contributed by atoms with van der Waals surface area (Å²) in [5, 5.41) is 5.73. The number of anilines is 1. The summed E-state index contributed by atoms with van der Waals surface area (Å²) in [6.07, 6.45) is 7.52. The normalized spacial score (nSPS) is 21.7. The molecule has 25 heavy (non-hydrogen) atoms. The van der Waals surface area contributed by atoms with Crippen molar-refractivity contribution in [3.05, 3.63) is 24.3 Å². The van der Waals surface area contributed by atoms with Crippen LogP contribution in [0.5, 0.6) is 5.75 Å². The minimum absolute atomic E-state index is 0.117. The fraction of sp³-hybridized carbons (Fsp3) is 0.579. The molecule has 1 aromatic rings. The van der Waals surface area contributed by atoms with Gasteiger partial charge in [0, 0.05) is 24.7 Å². The van der Waals surface area contributed by atoms with Gasteiger partial charge in [-0.25, -0.2) is 4.79 Å². The van der Waals surface area contributed by atoms with Gasteiger partial charge in [-0.15, -0.1) is 0 Å². The Hall–Kier alpha value is -2.24. The van der Waals surface area contributed by atoms with Crippen molar-refractivity contribution in [1.82, 2.24) is 10.2 Å². The molecule has 6 nitrogen and oxygen atoms in total. The summed E-state index contributed by atoms with van der Waals surface area (Å²) >= 11 is 0. The first-order valence-electron chi connectivity index (χ1n) is 9.17. The van der Waals surface area contributed by atoms with Crippen molar-refractivity contribution < 1.29 is 14.3 Å². The molecule has 3 amide bonds. The molecule has 2 aliphatic rings. The number of urea groups is 1. The maximum Gasteiger partial charge on any atom is 0.319 e. The number of ether oxygens (including phenoxy) is 1. The van der Waals surface area contributed by atoms with Crippen LogP contribution in [0.1, 0.15) is 44.9 Å². The highest BCUT2D eigenvalue weighted by Gasteiger charge is 2.35. The zero-order valence-corrected chi connectivity index (χ0v) is 14.8. The number of amides is 3. The topological polar surface area (TPSA) is 70.7 Å². The van der Waals surface area contributed by atoms with Crippen molar-refractivity contribution in [2.24, 2.45) is 0 Å². The van der Waals surface area contributed by atoms with Gasteiger partial charge in [0.2, 0.25) is 5.91 Å². The van der Waals surface area contributed by atoms with Gasteiger partial charge < -0.3 is 20.3 Å². The second-order valence-corrected chi connectivity index (χ2v) is 6.92. The number of methoxy groups -OCH3 is 1. The summed E-state index contributed by atoms with van der Waals surface area (Å²) in [5.74, 6) is 0.910. The van der Waals surface area contributed by atoms with E-state index >= 15 is 0 Å². The molecule has 0 aromatic heterocycles. The number of benzene rings is 1. The van der Waals surface area contributed by atoms with Crippen molar-refractivity contribution in [2.45, 2.75) is 57.0 Å². The molecular weight excluding hydrogens is 318 g/mol. The van der Waals surface area contributed by atoms with E-state index in [0.29, 0.717) is 24.7 Å². The van der Waals surface area contributed by atoms with E-state index in [1.807, 2.05) is 4.90 Å². The Bertz CT molecular complexity index is 594. The summed E-state index contributed by atoms with van der Waals surface area (Å²) in [6, 6.07) is 7.13. The zero-order chi connectivity index (χ0) is 17.6. The number of hydrogen-bond acceptors (Lipinski definition) is 3. The van der Waals surface area contributed by atoms with Gasteiger partial charge in [0.1, 0.15) is 5.75 Å². The van der Waals surface area contributed by atoms with Crippen molar-refractivity contribution in [3.8, 4) is 5.75 Å². The Kier molecular flexibility index (Phi) is 5.79. The molecule has 2 N–H and O–H groups in total. The van der Waals surface area contributed by atoms with Crippen LogP contribution in [0.3, 0.4) is 0 Å². The van der Waals surface area contributed by atoms with Gasteiger partial charge in [0.05, 0.1) is 13.2 Å². The molecule has 0 radical (unpaired) electrons. The van der Waals surface area contributed by atoms with Crippen LogP contribution in [0.4, 0.5) is 10.5 Å². The lowest BCUT2D eigenvalue weighted by atomic mass is 10.1. The van der Waals surface area contributed by atoms with Crippen LogP contribution in [0.2, 0.25) is 0 Å². The fourth-order valence-electron chi connectivity index (χ4n) is 3.78. The molecule has 1 aliphatic carbocycles. The Morgan fingerprint density at radius 2 is 1.80 bits per heavy atom. The molecule has 3 rings (SSSR count). The number of carbonyl (C=O) groups is 2. The number of likely N-dealkylation sites (tertiary alicyclic amines) is 1. The van der Waals surface area contributed by atoms with Gasteiger partial charge in [0.15, 0.2) is 0 Å². The molecular formula is C19H27N3O3. The van der Waals surface area contributed by atoms with Crippen LogP contribution < -0.4 is 15.4 Å². The third-order valence-corrected chi connectivity index (χ3v) is 5.11. The molecule has 6 heteroatoms. The largest absolute Gasteiger partial charge is 0.497 e. The van der Waals surface area contributed by atoms with E-state index in [9.17, 15) is 9.59 Å². The third kappa shape index (κ3) is 4.65. The lowest BCUT2D eigenvalue weighted by Crippen LogP contribution is -2.42. The summed E-state index contributed by atoms with van der Waals surface area (Å²) in [6.45, 7) is 0.625. The van der Waals surface area contributed by atoms with Crippen LogP contribution in [-0.4, -0.2) is 42.6 Å². The van der Waals surface area contributed by atoms with Crippen molar-refractivity contribution in [3.63, 3.8) is 0 Å². The average Bonchev–Trinajstić information content (AvgIpc) is 2.81. The van der Waals surface area contributed by atoms with Gasteiger partial charge in [-0.3, -0.25) is 4.79 Å². The van der Waals surface area contributed by atoms with Crippen LogP contribution in [-0.2, 0) is 4.79 Å². The quantitative estimate of drug-likeness (QED) is 0.824. The molecule has 1 aliphatic heterocycles. The highest BCUT2D eigenvalue weighted by molar-refractivity contribution is 5.90. The SMILES string of the molecule is COc1ccc(NC(=O)N[C@@H]2CC(=O)N(C3CCCCCC3)C2)cc1. The van der Waals surface area contributed by atoms with Crippen molar-refractivity contribution in [2.75, 3.05) is 19.0 Å². The first-order chi connectivity index (χ1) is 12.2. The second-order valence-electron chi connectivity index (χ2n) is 6.92. The predicted octanol–water partition coefficient (Wildman–Crippen LogP) is 3.14. The lowest BCUT2D eigenvalue weighted by Gasteiger charge is -2.27. The van der Waals surface area contributed by atoms with Gasteiger partial charge in [-0.2, -0.15) is 0 Å². The van der Waals surface area contributed by atoms with E-state index < -0.39 is 0 Å². The van der Waals surface area contributed by atoms with Crippen LogP contribution in [0.25, 0.3) is 0 Å². The second kappa shape index (κ2) is 8.23. The zero-order valence-electron chi connectivity index (χ0n) is 14.8. The van der Waals surface area contributed by atoms with Crippen LogP contribution in [0.15, 0.2) is 24.3 Å². The van der Waals surface area contributed by atoms with E-state index in [2.05, 4.69) is 10.6 Å². The fourth-order valence-corrected chi connectivity index (χ4v) is 3.78. The number of rotatable bonds is 4. The minimum atomic E-state index is -0.273. The van der Waals surface area contributed by atoms with Gasteiger partial charge in [-0.05, 0) is 37.1 Å². The number of nitrogens with zero attached hydrogens (tertiary/aromatic N) is 1. The van der Waals surface area contributed by atoms with E-state index in [1.54, 1.807) is 31.4 Å². The summed E-state index contributed by atoms with van der Waals surface area (Å²) < 4.78 is 5.10. The molecule has 1 saturated heterocycles. The van der Waals surface area contributed by atoms with Crippen molar-refractivity contribution in [1.29, 1.82) is 0 Å². The maximum atomic E-state index is 12.3. The Labute approximate surface area is 148 Å². The maximum absolute atomic E-state index is 12.3.